The Balaban J connectivity index is 1.30. The van der Waals surface area contributed by atoms with E-state index < -0.39 is 4.92 Å². The normalized spacial score (nSPS) is 41.2. The zero-order valence-electron chi connectivity index (χ0n) is 20.1. The third kappa shape index (κ3) is 3.67. The Labute approximate surface area is 200 Å². The molecule has 4 saturated carbocycles. The number of nitro benzene ring substituents is 1. The molecule has 0 radical (unpaired) electrons. The summed E-state index contributed by atoms with van der Waals surface area (Å²) in [6.07, 6.45) is 6.59. The van der Waals surface area contributed by atoms with Crippen molar-refractivity contribution in [3.05, 3.63) is 34.4 Å². The van der Waals surface area contributed by atoms with E-state index >= 15 is 0 Å². The number of Topliss-reactive ketones (excluding diaryl/α,β-unsaturated/α-hetero) is 2. The van der Waals surface area contributed by atoms with E-state index in [-0.39, 0.29) is 46.8 Å². The van der Waals surface area contributed by atoms with Crippen molar-refractivity contribution in [2.45, 2.75) is 71.3 Å². The first-order valence-corrected chi connectivity index (χ1v) is 12.7. The molecule has 0 spiro atoms. The highest BCUT2D eigenvalue weighted by Crippen LogP contribution is 2.66. The van der Waals surface area contributed by atoms with Crippen LogP contribution < -0.4 is 4.74 Å². The quantitative estimate of drug-likeness (QED) is 0.493. The van der Waals surface area contributed by atoms with E-state index in [0.717, 1.165) is 44.9 Å². The van der Waals surface area contributed by atoms with E-state index in [1.807, 2.05) is 0 Å². The first kappa shape index (κ1) is 23.5. The molecule has 4 aliphatic rings. The highest BCUT2D eigenvalue weighted by atomic mass is 16.6. The van der Waals surface area contributed by atoms with Crippen LogP contribution in [0.5, 0.6) is 5.75 Å². The molecule has 34 heavy (non-hydrogen) atoms. The van der Waals surface area contributed by atoms with Crippen molar-refractivity contribution in [3.63, 3.8) is 0 Å². The second-order valence-electron chi connectivity index (χ2n) is 11.7. The van der Waals surface area contributed by atoms with Crippen LogP contribution in [-0.4, -0.2) is 34.3 Å². The van der Waals surface area contributed by atoms with E-state index in [4.69, 9.17) is 4.74 Å². The summed E-state index contributed by atoms with van der Waals surface area (Å²) in [6, 6.07) is 5.76. The topological polar surface area (TPSA) is 107 Å². The Bertz CT molecular complexity index is 991. The van der Waals surface area contributed by atoms with Crippen LogP contribution in [0.4, 0.5) is 5.69 Å². The monoisotopic (exact) mass is 469 g/mol. The molecular formula is C27H35NO6. The molecule has 4 aliphatic carbocycles. The average molecular weight is 470 g/mol. The van der Waals surface area contributed by atoms with Gasteiger partial charge in [0.1, 0.15) is 18.1 Å². The Morgan fingerprint density at radius 3 is 2.56 bits per heavy atom. The number of carbonyl (C=O) groups excluding carboxylic acids is 2. The minimum absolute atomic E-state index is 0.0176. The fraction of sp³-hybridized carbons (Fsp3) is 0.704. The number of nitrogens with zero attached hydrogens (tertiary/aromatic N) is 1. The molecule has 5 rings (SSSR count). The molecule has 184 valence electrons. The summed E-state index contributed by atoms with van der Waals surface area (Å²) in [4.78, 5) is 37.3. The van der Waals surface area contributed by atoms with Gasteiger partial charge in [-0.3, -0.25) is 19.7 Å². The molecule has 0 aromatic heterocycles. The highest BCUT2D eigenvalue weighted by molar-refractivity contribution is 5.88. The molecule has 4 fully saturated rings. The highest BCUT2D eigenvalue weighted by Gasteiger charge is 2.64. The predicted octanol–water partition coefficient (Wildman–Crippen LogP) is 4.74. The molecule has 1 N–H and O–H groups in total. The number of nitro groups is 1. The van der Waals surface area contributed by atoms with Crippen LogP contribution >= 0.6 is 0 Å². The number of ether oxygens (including phenoxy) is 1. The summed E-state index contributed by atoms with van der Waals surface area (Å²) in [6.45, 7) is 4.35. The van der Waals surface area contributed by atoms with Gasteiger partial charge in [0.25, 0.3) is 5.69 Å². The maximum Gasteiger partial charge on any atom is 0.269 e. The van der Waals surface area contributed by atoms with Gasteiger partial charge in [-0.2, -0.15) is 0 Å². The third-order valence-corrected chi connectivity index (χ3v) is 10.1. The number of hydrogen-bond donors (Lipinski definition) is 1. The van der Waals surface area contributed by atoms with Crippen LogP contribution in [0.3, 0.4) is 0 Å². The Morgan fingerprint density at radius 2 is 1.85 bits per heavy atom. The minimum Gasteiger partial charge on any atom is -0.486 e. The van der Waals surface area contributed by atoms with Crippen molar-refractivity contribution in [3.8, 4) is 5.75 Å². The molecule has 1 aromatic carbocycles. The lowest BCUT2D eigenvalue weighted by Gasteiger charge is -2.59. The molecule has 0 unspecified atom stereocenters. The summed E-state index contributed by atoms with van der Waals surface area (Å²) in [5.41, 5.74) is -0.372. The van der Waals surface area contributed by atoms with E-state index in [9.17, 15) is 24.8 Å². The van der Waals surface area contributed by atoms with E-state index in [1.54, 1.807) is 0 Å². The van der Waals surface area contributed by atoms with Gasteiger partial charge in [0, 0.05) is 30.4 Å². The van der Waals surface area contributed by atoms with E-state index in [1.165, 1.54) is 24.3 Å². The number of carbonyl (C=O) groups is 2. The number of hydrogen-bond acceptors (Lipinski definition) is 6. The maximum absolute atomic E-state index is 13.7. The fourth-order valence-electron chi connectivity index (χ4n) is 8.50. The first-order valence-electron chi connectivity index (χ1n) is 12.7. The van der Waals surface area contributed by atoms with Gasteiger partial charge in [-0.1, -0.05) is 13.8 Å². The standard InChI is InChI=1S/C27H35NO6/c1-26-12-11-18(29)13-16(26)3-8-20-21-9-10-22(27(21,2)14-23(30)25(20)26)24(31)15-34-19-6-4-17(5-7-19)28(32)33/h4-7,16,18,20-22,25,29H,3,8-15H2,1-2H3/t16-,18+,20-,21-,22+,25+,26-,27-/m0/s1. The summed E-state index contributed by atoms with van der Waals surface area (Å²) in [7, 11) is 0. The van der Waals surface area contributed by atoms with Gasteiger partial charge in [-0.05, 0) is 85.7 Å². The lowest BCUT2D eigenvalue weighted by molar-refractivity contribution is -0.384. The Kier molecular flexibility index (Phi) is 5.82. The van der Waals surface area contributed by atoms with Crippen molar-refractivity contribution in [1.82, 2.24) is 0 Å². The summed E-state index contributed by atoms with van der Waals surface area (Å²) in [5.74, 6) is 1.76. The smallest absolute Gasteiger partial charge is 0.269 e. The molecule has 0 saturated heterocycles. The zero-order chi connectivity index (χ0) is 24.3. The molecule has 0 heterocycles. The number of fused-ring (bicyclic) bond motifs is 5. The Hall–Kier alpha value is -2.28. The molecule has 0 aliphatic heterocycles. The second kappa shape index (κ2) is 8.43. The fourth-order valence-corrected chi connectivity index (χ4v) is 8.50. The van der Waals surface area contributed by atoms with Gasteiger partial charge < -0.3 is 9.84 Å². The zero-order valence-corrected chi connectivity index (χ0v) is 20.1. The molecule has 7 heteroatoms. The van der Waals surface area contributed by atoms with Crippen LogP contribution in [0.1, 0.15) is 65.2 Å². The SMILES string of the molecule is C[C@]12CC[C@@H](O)C[C@@H]1CC[C@H]1[C@@H]3CC[C@H](C(=O)COc4ccc([N+](=O)[O-])cc4)[C@@]3(C)CC(=O)[C@@H]12. The van der Waals surface area contributed by atoms with E-state index in [0.29, 0.717) is 35.7 Å². The van der Waals surface area contributed by atoms with Gasteiger partial charge in [0.15, 0.2) is 5.78 Å². The van der Waals surface area contributed by atoms with Crippen molar-refractivity contribution in [2.75, 3.05) is 6.61 Å². The molecule has 0 bridgehead atoms. The van der Waals surface area contributed by atoms with Crippen LogP contribution in [-0.2, 0) is 9.59 Å². The maximum atomic E-state index is 13.7. The van der Waals surface area contributed by atoms with Gasteiger partial charge in [-0.25, -0.2) is 0 Å². The first-order chi connectivity index (χ1) is 16.1. The van der Waals surface area contributed by atoms with Gasteiger partial charge in [0.2, 0.25) is 0 Å². The number of aliphatic hydroxyl groups excluding tert-OH is 1. The lowest BCUT2D eigenvalue weighted by atomic mass is 9.44. The van der Waals surface area contributed by atoms with Crippen molar-refractivity contribution in [2.24, 2.45) is 40.4 Å². The Morgan fingerprint density at radius 1 is 1.12 bits per heavy atom. The predicted molar refractivity (Wildman–Crippen MR) is 125 cm³/mol. The van der Waals surface area contributed by atoms with Crippen molar-refractivity contribution >= 4 is 17.3 Å². The largest absolute Gasteiger partial charge is 0.486 e. The lowest BCUT2D eigenvalue weighted by Crippen LogP contribution is -2.58. The molecule has 8 atom stereocenters. The molecule has 1 aromatic rings. The van der Waals surface area contributed by atoms with Crippen LogP contribution in [0, 0.1) is 50.5 Å². The van der Waals surface area contributed by atoms with Gasteiger partial charge >= 0.3 is 0 Å². The molecular weight excluding hydrogens is 434 g/mol. The number of aliphatic hydroxyl groups is 1. The second-order valence-corrected chi connectivity index (χ2v) is 11.7. The van der Waals surface area contributed by atoms with Crippen LogP contribution in [0.2, 0.25) is 0 Å². The van der Waals surface area contributed by atoms with Crippen molar-refractivity contribution in [1.29, 1.82) is 0 Å². The number of benzene rings is 1. The summed E-state index contributed by atoms with van der Waals surface area (Å²) >= 11 is 0. The molecule has 0 amide bonds. The third-order valence-electron chi connectivity index (χ3n) is 10.1. The van der Waals surface area contributed by atoms with Gasteiger partial charge in [0.05, 0.1) is 11.0 Å². The number of rotatable bonds is 5. The van der Waals surface area contributed by atoms with Crippen LogP contribution in [0.15, 0.2) is 24.3 Å². The van der Waals surface area contributed by atoms with E-state index in [2.05, 4.69) is 13.8 Å². The summed E-state index contributed by atoms with van der Waals surface area (Å²) < 4.78 is 5.69. The number of ketones is 2. The van der Waals surface area contributed by atoms with Crippen LogP contribution in [0.25, 0.3) is 0 Å². The molecule has 7 nitrogen and oxygen atoms in total. The minimum atomic E-state index is -0.467. The number of non-ortho nitro benzene ring substituents is 1. The summed E-state index contributed by atoms with van der Waals surface area (Å²) in [5, 5.41) is 21.1. The van der Waals surface area contributed by atoms with Crippen molar-refractivity contribution < 1.29 is 24.4 Å². The average Bonchev–Trinajstić information content (AvgIpc) is 3.14. The van der Waals surface area contributed by atoms with Gasteiger partial charge in [-0.15, -0.1) is 0 Å².